The lowest BCUT2D eigenvalue weighted by molar-refractivity contribution is 0.297. The molecular weight excluding hydrogens is 368 g/mol. The summed E-state index contributed by atoms with van der Waals surface area (Å²) in [5, 5.41) is 4.67. The number of likely N-dealkylation sites (tertiary alicyclic amines) is 1. The number of hydrogen-bond donors (Lipinski definition) is 0. The Kier molecular flexibility index (Phi) is 4.35. The van der Waals surface area contributed by atoms with Gasteiger partial charge in [-0.1, -0.05) is 12.1 Å². The van der Waals surface area contributed by atoms with Crippen LogP contribution in [0.3, 0.4) is 0 Å². The van der Waals surface area contributed by atoms with Gasteiger partial charge >= 0.3 is 11.1 Å². The third-order valence-corrected chi connectivity index (χ3v) is 6.02. The summed E-state index contributed by atoms with van der Waals surface area (Å²) in [5.74, 6) is 0.742. The summed E-state index contributed by atoms with van der Waals surface area (Å²) in [6.45, 7) is 3.35. The standard InChI is InChI=1S/C21H22N6O2/c28-18-19(29)27(14-17-5-1-2-9-23-17)24-20-21(7-11-26(18)20)6-10-25(15-21)13-16-4-3-8-22-12-16/h1-5,8-9,12H,6-7,10-11,13-15H2/t21-/m0/s1. The Morgan fingerprint density at radius 1 is 0.966 bits per heavy atom. The fraction of sp³-hybridized carbons (Fsp3) is 0.381. The molecule has 0 radical (unpaired) electrons. The summed E-state index contributed by atoms with van der Waals surface area (Å²) < 4.78 is 2.87. The van der Waals surface area contributed by atoms with Crippen molar-refractivity contribution in [3.05, 3.63) is 86.7 Å². The van der Waals surface area contributed by atoms with Crippen LogP contribution in [-0.4, -0.2) is 42.3 Å². The van der Waals surface area contributed by atoms with Crippen LogP contribution in [0.15, 0.2) is 58.5 Å². The number of rotatable bonds is 4. The van der Waals surface area contributed by atoms with E-state index >= 15 is 0 Å². The van der Waals surface area contributed by atoms with Gasteiger partial charge in [0.2, 0.25) is 0 Å². The van der Waals surface area contributed by atoms with Crippen LogP contribution in [0.25, 0.3) is 0 Å². The highest BCUT2D eigenvalue weighted by Crippen LogP contribution is 2.40. The minimum absolute atomic E-state index is 0.180. The van der Waals surface area contributed by atoms with Gasteiger partial charge in [-0.25, -0.2) is 4.68 Å². The van der Waals surface area contributed by atoms with Crippen molar-refractivity contribution in [2.45, 2.75) is 37.9 Å². The lowest BCUT2D eigenvalue weighted by Crippen LogP contribution is -2.45. The topological polar surface area (TPSA) is 85.9 Å². The SMILES string of the molecule is O=c1c(=O)n2c(nn1Cc1ccccn1)[C@@]1(CCN(Cc3cccnc3)C1)CC2. The Morgan fingerprint density at radius 3 is 2.66 bits per heavy atom. The predicted molar refractivity (Wildman–Crippen MR) is 107 cm³/mol. The summed E-state index contributed by atoms with van der Waals surface area (Å²) >= 11 is 0. The molecule has 0 amide bonds. The second-order valence-corrected chi connectivity index (χ2v) is 7.92. The number of hydrogen-bond acceptors (Lipinski definition) is 6. The Labute approximate surface area is 167 Å². The summed E-state index contributed by atoms with van der Waals surface area (Å²) in [4.78, 5) is 36.1. The van der Waals surface area contributed by atoms with E-state index in [0.717, 1.165) is 38.3 Å². The van der Waals surface area contributed by atoms with E-state index in [1.54, 1.807) is 17.0 Å². The van der Waals surface area contributed by atoms with Gasteiger partial charge in [0.25, 0.3) is 0 Å². The second kappa shape index (κ2) is 7.04. The molecule has 0 bridgehead atoms. The van der Waals surface area contributed by atoms with Crippen LogP contribution < -0.4 is 11.1 Å². The van der Waals surface area contributed by atoms with E-state index < -0.39 is 11.1 Å². The maximum atomic E-state index is 12.7. The first kappa shape index (κ1) is 17.9. The number of nitrogens with zero attached hydrogens (tertiary/aromatic N) is 6. The molecule has 8 nitrogen and oxygen atoms in total. The molecule has 0 aromatic carbocycles. The average Bonchev–Trinajstić information content (AvgIpc) is 3.32. The smallest absolute Gasteiger partial charge is 0.298 e. The third-order valence-electron chi connectivity index (χ3n) is 6.02. The molecule has 0 saturated carbocycles. The molecule has 0 N–H and O–H groups in total. The van der Waals surface area contributed by atoms with Crippen molar-refractivity contribution in [3.8, 4) is 0 Å². The number of fused-ring (bicyclic) bond motifs is 2. The van der Waals surface area contributed by atoms with Gasteiger partial charge in [0.1, 0.15) is 5.82 Å². The molecule has 1 saturated heterocycles. The highest BCUT2D eigenvalue weighted by atomic mass is 16.2. The fourth-order valence-corrected chi connectivity index (χ4v) is 4.56. The van der Waals surface area contributed by atoms with Gasteiger partial charge in [-0.15, -0.1) is 0 Å². The molecule has 1 atom stereocenters. The van der Waals surface area contributed by atoms with Gasteiger partial charge in [0.05, 0.1) is 12.2 Å². The summed E-state index contributed by atoms with van der Waals surface area (Å²) in [6.07, 6.45) is 7.11. The molecule has 0 unspecified atom stereocenters. The average molecular weight is 390 g/mol. The predicted octanol–water partition coefficient (Wildman–Crippen LogP) is 0.791. The summed E-state index contributed by atoms with van der Waals surface area (Å²) in [7, 11) is 0. The molecule has 148 valence electrons. The van der Waals surface area contributed by atoms with Crippen LogP contribution in [0.1, 0.15) is 29.9 Å². The van der Waals surface area contributed by atoms with E-state index in [1.807, 2.05) is 30.5 Å². The lowest BCUT2D eigenvalue weighted by atomic mass is 9.85. The van der Waals surface area contributed by atoms with E-state index in [9.17, 15) is 9.59 Å². The van der Waals surface area contributed by atoms with Crippen LogP contribution in [0.2, 0.25) is 0 Å². The van der Waals surface area contributed by atoms with Gasteiger partial charge in [0, 0.05) is 43.6 Å². The molecule has 5 heterocycles. The zero-order valence-corrected chi connectivity index (χ0v) is 16.1. The number of aromatic nitrogens is 5. The molecule has 1 fully saturated rings. The van der Waals surface area contributed by atoms with Crippen molar-refractivity contribution in [1.29, 1.82) is 0 Å². The quantitative estimate of drug-likeness (QED) is 0.613. The van der Waals surface area contributed by atoms with Gasteiger partial charge in [-0.2, -0.15) is 5.10 Å². The monoisotopic (exact) mass is 390 g/mol. The Bertz CT molecular complexity index is 1140. The fourth-order valence-electron chi connectivity index (χ4n) is 4.56. The first-order chi connectivity index (χ1) is 14.1. The summed E-state index contributed by atoms with van der Waals surface area (Å²) in [5.41, 5.74) is 0.646. The lowest BCUT2D eigenvalue weighted by Gasteiger charge is -2.23. The maximum absolute atomic E-state index is 12.7. The molecule has 8 heteroatoms. The first-order valence-corrected chi connectivity index (χ1v) is 9.88. The normalized spacial score (nSPS) is 21.0. The van der Waals surface area contributed by atoms with Crippen molar-refractivity contribution in [3.63, 3.8) is 0 Å². The first-order valence-electron chi connectivity index (χ1n) is 9.88. The molecule has 2 aliphatic rings. The van der Waals surface area contributed by atoms with Crippen LogP contribution in [0, 0.1) is 0 Å². The van der Waals surface area contributed by atoms with E-state index in [2.05, 4.69) is 26.0 Å². The van der Waals surface area contributed by atoms with Gasteiger partial charge in [-0.05, 0) is 43.1 Å². The molecule has 3 aromatic rings. The minimum Gasteiger partial charge on any atom is -0.298 e. The van der Waals surface area contributed by atoms with E-state index in [-0.39, 0.29) is 12.0 Å². The van der Waals surface area contributed by atoms with E-state index in [0.29, 0.717) is 12.2 Å². The molecule has 0 aliphatic carbocycles. The molecule has 5 rings (SSSR count). The summed E-state index contributed by atoms with van der Waals surface area (Å²) in [6, 6.07) is 9.54. The molecular formula is C21H22N6O2. The second-order valence-electron chi connectivity index (χ2n) is 7.92. The third kappa shape index (κ3) is 3.19. The van der Waals surface area contributed by atoms with Crippen molar-refractivity contribution in [2.24, 2.45) is 0 Å². The zero-order valence-electron chi connectivity index (χ0n) is 16.1. The van der Waals surface area contributed by atoms with Crippen LogP contribution in [0.5, 0.6) is 0 Å². The van der Waals surface area contributed by atoms with Crippen LogP contribution in [0.4, 0.5) is 0 Å². The molecule has 3 aromatic heterocycles. The molecule has 1 spiro atoms. The molecule has 2 aliphatic heterocycles. The van der Waals surface area contributed by atoms with E-state index in [1.165, 1.54) is 10.2 Å². The van der Waals surface area contributed by atoms with Crippen LogP contribution >= 0.6 is 0 Å². The maximum Gasteiger partial charge on any atom is 0.332 e. The van der Waals surface area contributed by atoms with Gasteiger partial charge in [-0.3, -0.25) is 29.0 Å². The Hall–Kier alpha value is -3.13. The van der Waals surface area contributed by atoms with Crippen molar-refractivity contribution in [2.75, 3.05) is 13.1 Å². The van der Waals surface area contributed by atoms with Gasteiger partial charge < -0.3 is 0 Å². The van der Waals surface area contributed by atoms with Crippen LogP contribution in [-0.2, 0) is 25.0 Å². The Balaban J connectivity index is 1.46. The highest BCUT2D eigenvalue weighted by molar-refractivity contribution is 5.19. The highest BCUT2D eigenvalue weighted by Gasteiger charge is 2.47. The zero-order chi connectivity index (χ0) is 19.8. The van der Waals surface area contributed by atoms with Crippen molar-refractivity contribution in [1.82, 2.24) is 29.2 Å². The number of pyridine rings is 2. The van der Waals surface area contributed by atoms with Crippen molar-refractivity contribution >= 4 is 0 Å². The minimum atomic E-state index is -0.582. The van der Waals surface area contributed by atoms with Crippen molar-refractivity contribution < 1.29 is 0 Å². The Morgan fingerprint density at radius 2 is 1.86 bits per heavy atom. The van der Waals surface area contributed by atoms with Gasteiger partial charge in [0.15, 0.2) is 0 Å². The van der Waals surface area contributed by atoms with E-state index in [4.69, 9.17) is 0 Å². The largest absolute Gasteiger partial charge is 0.332 e. The molecule has 29 heavy (non-hydrogen) atoms.